The van der Waals surface area contributed by atoms with Crippen LogP contribution in [-0.4, -0.2) is 50.6 Å². The van der Waals surface area contributed by atoms with Crippen LogP contribution in [0.15, 0.2) is 35.3 Å². The van der Waals surface area contributed by atoms with Crippen LogP contribution in [0.4, 0.5) is 0 Å². The number of hydrogen-bond acceptors (Lipinski definition) is 3. The Labute approximate surface area is 150 Å². The molecule has 2 fully saturated rings. The fourth-order valence-corrected chi connectivity index (χ4v) is 3.82. The van der Waals surface area contributed by atoms with Crippen molar-refractivity contribution in [2.75, 3.05) is 33.8 Å². The third-order valence-corrected chi connectivity index (χ3v) is 5.63. The number of methoxy groups -OCH3 is 1. The summed E-state index contributed by atoms with van der Waals surface area (Å²) < 4.78 is 4.93. The quantitative estimate of drug-likeness (QED) is 0.506. The van der Waals surface area contributed by atoms with Gasteiger partial charge in [-0.1, -0.05) is 37.3 Å². The number of carbonyl (C=O) groups excluding carboxylic acids is 1. The highest BCUT2D eigenvalue weighted by Crippen LogP contribution is 2.47. The number of carbonyl (C=O) groups is 1. The molecule has 1 heterocycles. The summed E-state index contributed by atoms with van der Waals surface area (Å²) >= 11 is 0. The van der Waals surface area contributed by atoms with E-state index in [1.165, 1.54) is 25.5 Å². The molecule has 1 saturated carbocycles. The van der Waals surface area contributed by atoms with Crippen LogP contribution < -0.4 is 5.32 Å². The molecule has 0 radical (unpaired) electrons. The maximum atomic E-state index is 11.9. The number of aliphatic imine (C=N–C) groups is 1. The molecule has 5 heteroatoms. The molecule has 0 aromatic heterocycles. The number of nitrogens with one attached hydrogen (secondary N) is 1. The van der Waals surface area contributed by atoms with E-state index in [9.17, 15) is 4.79 Å². The number of hydrogen-bond donors (Lipinski definition) is 1. The zero-order valence-electron chi connectivity index (χ0n) is 15.5. The van der Waals surface area contributed by atoms with E-state index >= 15 is 0 Å². The van der Waals surface area contributed by atoms with Gasteiger partial charge in [0.25, 0.3) is 0 Å². The van der Waals surface area contributed by atoms with Gasteiger partial charge in [0.2, 0.25) is 0 Å². The van der Waals surface area contributed by atoms with E-state index in [4.69, 9.17) is 4.74 Å². The Bertz CT molecular complexity index is 625. The van der Waals surface area contributed by atoms with E-state index in [1.54, 1.807) is 0 Å². The number of rotatable bonds is 5. The number of ether oxygens (including phenoxy) is 1. The molecule has 1 aromatic rings. The second-order valence-corrected chi connectivity index (χ2v) is 7.58. The summed E-state index contributed by atoms with van der Waals surface area (Å²) in [6.45, 7) is 4.55. The van der Waals surface area contributed by atoms with Gasteiger partial charge in [-0.15, -0.1) is 0 Å². The molecule has 5 nitrogen and oxygen atoms in total. The molecule has 1 aromatic carbocycles. The van der Waals surface area contributed by atoms with Crippen LogP contribution in [0.1, 0.15) is 25.3 Å². The number of nitrogens with zero attached hydrogens (tertiary/aromatic N) is 2. The highest BCUT2D eigenvalue weighted by Gasteiger charge is 2.43. The third kappa shape index (κ3) is 4.14. The predicted molar refractivity (Wildman–Crippen MR) is 99.4 cm³/mol. The lowest BCUT2D eigenvalue weighted by Crippen LogP contribution is -2.43. The number of likely N-dealkylation sites (tertiary alicyclic amines) is 1. The van der Waals surface area contributed by atoms with Crippen molar-refractivity contribution in [2.24, 2.45) is 22.2 Å². The molecule has 0 spiro atoms. The fourth-order valence-electron chi connectivity index (χ4n) is 3.82. The predicted octanol–water partition coefficient (Wildman–Crippen LogP) is 2.33. The first-order valence-corrected chi connectivity index (χ1v) is 9.14. The lowest BCUT2D eigenvalue weighted by molar-refractivity contribution is -0.145. The highest BCUT2D eigenvalue weighted by molar-refractivity contribution is 5.82. The molecule has 3 rings (SSSR count). The third-order valence-electron chi connectivity index (χ3n) is 5.63. The largest absolute Gasteiger partial charge is 0.469 e. The van der Waals surface area contributed by atoms with Gasteiger partial charge in [-0.3, -0.25) is 9.79 Å². The molecule has 0 bridgehead atoms. The fraction of sp³-hybridized carbons (Fsp3) is 0.600. The van der Waals surface area contributed by atoms with Gasteiger partial charge in [-0.05, 0) is 36.2 Å². The summed E-state index contributed by atoms with van der Waals surface area (Å²) in [6, 6.07) is 10.7. The first-order chi connectivity index (χ1) is 12.1. The average molecular weight is 343 g/mol. The molecule has 1 aliphatic heterocycles. The number of benzene rings is 1. The van der Waals surface area contributed by atoms with E-state index in [0.29, 0.717) is 12.0 Å². The topological polar surface area (TPSA) is 53.9 Å². The minimum atomic E-state index is -0.117. The maximum Gasteiger partial charge on any atom is 0.310 e. The molecule has 136 valence electrons. The van der Waals surface area contributed by atoms with Gasteiger partial charge in [0, 0.05) is 26.7 Å². The second kappa shape index (κ2) is 7.46. The molecular weight excluding hydrogens is 314 g/mol. The Morgan fingerprint density at radius 2 is 2.04 bits per heavy atom. The zero-order chi connectivity index (χ0) is 17.9. The minimum absolute atomic E-state index is 0.0669. The van der Waals surface area contributed by atoms with Crippen molar-refractivity contribution in [3.8, 4) is 0 Å². The smallest absolute Gasteiger partial charge is 0.310 e. The van der Waals surface area contributed by atoms with Crippen LogP contribution >= 0.6 is 0 Å². The summed E-state index contributed by atoms with van der Waals surface area (Å²) in [5, 5.41) is 3.56. The molecule has 1 N–H and O–H groups in total. The lowest BCUT2D eigenvalue weighted by Gasteiger charge is -2.24. The molecule has 25 heavy (non-hydrogen) atoms. The van der Waals surface area contributed by atoms with Gasteiger partial charge in [0.1, 0.15) is 0 Å². The second-order valence-electron chi connectivity index (χ2n) is 7.58. The number of guanidine groups is 1. The molecule has 2 unspecified atom stereocenters. The van der Waals surface area contributed by atoms with Crippen molar-refractivity contribution < 1.29 is 9.53 Å². The Kier molecular flexibility index (Phi) is 5.30. The van der Waals surface area contributed by atoms with Crippen molar-refractivity contribution in [3.63, 3.8) is 0 Å². The van der Waals surface area contributed by atoms with Gasteiger partial charge in [0.15, 0.2) is 5.96 Å². The van der Waals surface area contributed by atoms with Crippen LogP contribution in [0.5, 0.6) is 0 Å². The summed E-state index contributed by atoms with van der Waals surface area (Å²) in [7, 11) is 3.28. The van der Waals surface area contributed by atoms with E-state index in [2.05, 4.69) is 52.5 Å². The first kappa shape index (κ1) is 17.8. The van der Waals surface area contributed by atoms with Crippen molar-refractivity contribution in [1.29, 1.82) is 0 Å². The van der Waals surface area contributed by atoms with Crippen LogP contribution in [-0.2, 0) is 16.0 Å². The molecule has 1 aliphatic carbocycles. The van der Waals surface area contributed by atoms with Gasteiger partial charge >= 0.3 is 5.97 Å². The van der Waals surface area contributed by atoms with Crippen LogP contribution in [0.25, 0.3) is 0 Å². The normalized spacial score (nSPS) is 24.9. The van der Waals surface area contributed by atoms with Crippen molar-refractivity contribution in [3.05, 3.63) is 35.9 Å². The van der Waals surface area contributed by atoms with E-state index in [-0.39, 0.29) is 17.8 Å². The molecular formula is C20H29N3O2. The molecule has 2 aliphatic rings. The SMILES string of the molecule is CN=C(NCC1(Cc2ccccc2)CC1)N1CC(C)C(C(=O)OC)C1. The molecule has 0 amide bonds. The van der Waals surface area contributed by atoms with Gasteiger partial charge in [-0.25, -0.2) is 0 Å². The highest BCUT2D eigenvalue weighted by atomic mass is 16.5. The Morgan fingerprint density at radius 1 is 1.32 bits per heavy atom. The number of esters is 1. The summed E-state index contributed by atoms with van der Waals surface area (Å²) in [4.78, 5) is 18.5. The van der Waals surface area contributed by atoms with Gasteiger partial charge in [-0.2, -0.15) is 0 Å². The van der Waals surface area contributed by atoms with E-state index in [1.807, 2.05) is 7.05 Å². The van der Waals surface area contributed by atoms with Crippen LogP contribution in [0, 0.1) is 17.3 Å². The summed E-state index contributed by atoms with van der Waals surface area (Å²) in [5.74, 6) is 0.999. The lowest BCUT2D eigenvalue weighted by atomic mass is 9.96. The summed E-state index contributed by atoms with van der Waals surface area (Å²) in [5.41, 5.74) is 1.75. The van der Waals surface area contributed by atoms with Crippen molar-refractivity contribution in [2.45, 2.75) is 26.2 Å². The van der Waals surface area contributed by atoms with Crippen molar-refractivity contribution >= 4 is 11.9 Å². The van der Waals surface area contributed by atoms with Crippen LogP contribution in [0.2, 0.25) is 0 Å². The first-order valence-electron chi connectivity index (χ1n) is 9.14. The van der Waals surface area contributed by atoms with E-state index < -0.39 is 0 Å². The van der Waals surface area contributed by atoms with E-state index in [0.717, 1.165) is 25.5 Å². The van der Waals surface area contributed by atoms with Crippen molar-refractivity contribution in [1.82, 2.24) is 10.2 Å². The Morgan fingerprint density at radius 3 is 2.64 bits per heavy atom. The zero-order valence-corrected chi connectivity index (χ0v) is 15.5. The maximum absolute atomic E-state index is 11.9. The Balaban J connectivity index is 1.56. The van der Waals surface area contributed by atoms with Gasteiger partial charge < -0.3 is 15.0 Å². The minimum Gasteiger partial charge on any atom is -0.469 e. The molecule has 2 atom stereocenters. The molecule has 1 saturated heterocycles. The standard InChI is InChI=1S/C20H29N3O2/c1-15-12-23(13-17(15)18(24)25-3)19(21-2)22-14-20(9-10-20)11-16-7-5-4-6-8-16/h4-8,15,17H,9-14H2,1-3H3,(H,21,22). The Hall–Kier alpha value is -2.04. The summed E-state index contributed by atoms with van der Waals surface area (Å²) in [6.07, 6.45) is 3.62. The van der Waals surface area contributed by atoms with Gasteiger partial charge in [0.05, 0.1) is 13.0 Å². The monoisotopic (exact) mass is 343 g/mol. The van der Waals surface area contributed by atoms with Crippen LogP contribution in [0.3, 0.4) is 0 Å². The average Bonchev–Trinajstić information content (AvgIpc) is 3.28.